The number of allylic oxidation sites excluding steroid dienone is 10. The van der Waals surface area contributed by atoms with Crippen molar-refractivity contribution in [3.05, 3.63) is 181 Å². The summed E-state index contributed by atoms with van der Waals surface area (Å²) in [5.41, 5.74) is 8.26. The molecule has 0 saturated heterocycles. The molecule has 7 nitrogen and oxygen atoms in total. The molecule has 1 heterocycles. The largest absolute Gasteiger partial charge is 0.464 e. The van der Waals surface area contributed by atoms with E-state index in [1.54, 1.807) is 12.2 Å². The lowest BCUT2D eigenvalue weighted by atomic mass is 9.63. The van der Waals surface area contributed by atoms with Crippen LogP contribution in [0.1, 0.15) is 75.8 Å². The highest BCUT2D eigenvalue weighted by molar-refractivity contribution is 6.09. The van der Waals surface area contributed by atoms with Gasteiger partial charge < -0.3 is 10.1 Å². The number of esters is 1. The van der Waals surface area contributed by atoms with Gasteiger partial charge in [-0.1, -0.05) is 154 Å². The van der Waals surface area contributed by atoms with Crippen LogP contribution in [0.4, 0.5) is 0 Å². The van der Waals surface area contributed by atoms with Crippen LogP contribution in [0.2, 0.25) is 0 Å². The number of carbonyl (C=O) groups is 3. The number of benzene rings is 3. The van der Waals surface area contributed by atoms with E-state index in [0.717, 1.165) is 34.4 Å². The van der Waals surface area contributed by atoms with Crippen molar-refractivity contribution in [2.45, 2.75) is 71.3 Å². The van der Waals surface area contributed by atoms with Gasteiger partial charge in [0.25, 0.3) is 0 Å². The molecule has 0 amide bonds. The second-order valence-electron chi connectivity index (χ2n) is 17.6. The Morgan fingerprint density at radius 1 is 0.919 bits per heavy atom. The number of nitrogens with one attached hydrogen (secondary N) is 1. The van der Waals surface area contributed by atoms with Crippen LogP contribution in [0.3, 0.4) is 0 Å². The molecule has 62 heavy (non-hydrogen) atoms. The van der Waals surface area contributed by atoms with E-state index in [1.807, 2.05) is 80.7 Å². The SMILES string of the molecule is C=CC=CC(=C)C(=C)C=CC(=C)C(CCC1(C)CC(=O)C2=C(C1)N=C(C)C(C(=O)OCCN(C)Cc1ccccc1)C2c1ccc(-c2ccccc2)cc1)C1C(=N)CCCC1=O. The van der Waals surface area contributed by atoms with Gasteiger partial charge in [0.2, 0.25) is 0 Å². The standard InChI is InChI=1S/C55H61N3O4/c1-8-9-17-37(2)38(3)24-25-39(4)45(52-46(56)22-16-23-48(52)59)30-31-55(6)34-47-53(49(60)35-55)51(44-28-26-43(27-29-44)42-20-14-11-15-21-42)50(40(5)57-47)54(61)62-33-32-58(7)36-41-18-12-10-13-19-41/h8-15,17-21,24-29,45,50-52,56H,1-4,16,22-23,30-36H2,5-7H3. The number of hydrogen-bond acceptors (Lipinski definition) is 7. The molecule has 1 aliphatic heterocycles. The summed E-state index contributed by atoms with van der Waals surface area (Å²) in [4.78, 5) is 49.6. The topological polar surface area (TPSA) is 99.9 Å². The zero-order chi connectivity index (χ0) is 44.4. The molecule has 0 aromatic heterocycles. The maximum Gasteiger partial charge on any atom is 0.315 e. The predicted octanol–water partition coefficient (Wildman–Crippen LogP) is 11.6. The number of ether oxygens (including phenoxy) is 1. The van der Waals surface area contributed by atoms with Crippen LogP contribution in [0.25, 0.3) is 11.1 Å². The molecule has 5 atom stereocenters. The molecule has 0 bridgehead atoms. The molecule has 3 aromatic rings. The average Bonchev–Trinajstić information content (AvgIpc) is 3.25. The highest BCUT2D eigenvalue weighted by Crippen LogP contribution is 2.51. The van der Waals surface area contributed by atoms with Crippen LogP contribution in [-0.4, -0.2) is 54.1 Å². The van der Waals surface area contributed by atoms with Crippen LogP contribution < -0.4 is 0 Å². The zero-order valence-corrected chi connectivity index (χ0v) is 36.7. The van der Waals surface area contributed by atoms with E-state index < -0.39 is 23.2 Å². The van der Waals surface area contributed by atoms with Crippen molar-refractivity contribution >= 4 is 29.0 Å². The van der Waals surface area contributed by atoms with Gasteiger partial charge in [-0.25, -0.2) is 0 Å². The molecule has 5 unspecified atom stereocenters. The van der Waals surface area contributed by atoms with E-state index in [1.165, 1.54) is 5.56 Å². The van der Waals surface area contributed by atoms with Gasteiger partial charge >= 0.3 is 5.97 Å². The summed E-state index contributed by atoms with van der Waals surface area (Å²) in [7, 11) is 2.00. The lowest BCUT2D eigenvalue weighted by Crippen LogP contribution is -2.41. The summed E-state index contributed by atoms with van der Waals surface area (Å²) in [5, 5.41) is 8.88. The molecule has 0 spiro atoms. The molecule has 6 rings (SSSR count). The van der Waals surface area contributed by atoms with E-state index >= 15 is 0 Å². The first-order chi connectivity index (χ1) is 29.8. The van der Waals surface area contributed by atoms with Crippen molar-refractivity contribution in [2.75, 3.05) is 20.2 Å². The summed E-state index contributed by atoms with van der Waals surface area (Å²) in [6.45, 7) is 21.9. The third kappa shape index (κ3) is 11.1. The Hall–Kier alpha value is -6.05. The zero-order valence-electron chi connectivity index (χ0n) is 36.7. The van der Waals surface area contributed by atoms with Crippen molar-refractivity contribution in [1.29, 1.82) is 5.41 Å². The number of aliphatic imine (C=N–C) groups is 1. The third-order valence-corrected chi connectivity index (χ3v) is 12.7. The molecule has 3 aliphatic rings. The van der Waals surface area contributed by atoms with Crippen LogP contribution in [0, 0.1) is 28.6 Å². The second-order valence-corrected chi connectivity index (χ2v) is 17.6. The lowest BCUT2D eigenvalue weighted by molar-refractivity contribution is -0.147. The minimum absolute atomic E-state index is 0.0262. The number of carbonyl (C=O) groups excluding carboxylic acids is 3. The summed E-state index contributed by atoms with van der Waals surface area (Å²) >= 11 is 0. The number of hydrogen-bond donors (Lipinski definition) is 1. The number of rotatable bonds is 18. The summed E-state index contributed by atoms with van der Waals surface area (Å²) in [6, 6.07) is 28.5. The minimum atomic E-state index is -0.759. The van der Waals surface area contributed by atoms with Gasteiger partial charge in [-0.2, -0.15) is 0 Å². The quantitative estimate of drug-likeness (QED) is 0.102. The minimum Gasteiger partial charge on any atom is -0.464 e. The molecular formula is C55H61N3O4. The van der Waals surface area contributed by atoms with Crippen molar-refractivity contribution in [3.8, 4) is 11.1 Å². The summed E-state index contributed by atoms with van der Waals surface area (Å²) in [5.74, 6) is -2.52. The van der Waals surface area contributed by atoms with Gasteiger partial charge in [-0.05, 0) is 90.8 Å². The normalized spacial score (nSPS) is 22.1. The van der Waals surface area contributed by atoms with E-state index in [2.05, 4.69) is 74.5 Å². The van der Waals surface area contributed by atoms with Crippen molar-refractivity contribution in [2.24, 2.45) is 28.2 Å². The van der Waals surface area contributed by atoms with Crippen molar-refractivity contribution in [1.82, 2.24) is 4.90 Å². The van der Waals surface area contributed by atoms with Crippen molar-refractivity contribution in [3.63, 3.8) is 0 Å². The Balaban J connectivity index is 1.26. The fourth-order valence-electron chi connectivity index (χ4n) is 9.30. The highest BCUT2D eigenvalue weighted by Gasteiger charge is 2.47. The summed E-state index contributed by atoms with van der Waals surface area (Å²) < 4.78 is 6.02. The first-order valence-electron chi connectivity index (χ1n) is 21.8. The molecule has 1 N–H and O–H groups in total. The van der Waals surface area contributed by atoms with E-state index in [0.29, 0.717) is 73.3 Å². The molecule has 1 fully saturated rings. The molecule has 2 aliphatic carbocycles. The number of ketones is 2. The van der Waals surface area contributed by atoms with Gasteiger partial charge in [-0.3, -0.25) is 24.3 Å². The van der Waals surface area contributed by atoms with Crippen molar-refractivity contribution < 1.29 is 19.1 Å². The average molecular weight is 828 g/mol. The third-order valence-electron chi connectivity index (χ3n) is 12.7. The Morgan fingerprint density at radius 3 is 2.26 bits per heavy atom. The van der Waals surface area contributed by atoms with Gasteiger partial charge in [0.1, 0.15) is 18.3 Å². The molecular weight excluding hydrogens is 767 g/mol. The first kappa shape index (κ1) is 45.5. The Morgan fingerprint density at radius 2 is 1.58 bits per heavy atom. The molecule has 0 radical (unpaired) electrons. The maximum absolute atomic E-state index is 14.7. The first-order valence-corrected chi connectivity index (χ1v) is 21.8. The molecule has 7 heteroatoms. The monoisotopic (exact) mass is 827 g/mol. The Bertz CT molecular complexity index is 2320. The second kappa shape index (κ2) is 20.7. The van der Waals surface area contributed by atoms with Crippen LogP contribution in [0.5, 0.6) is 0 Å². The number of likely N-dealkylation sites (N-methyl/N-ethyl adjacent to an activating group) is 1. The van der Waals surface area contributed by atoms with Crippen LogP contribution in [0.15, 0.2) is 175 Å². The molecule has 1 saturated carbocycles. The number of nitrogens with zero attached hydrogens (tertiary/aromatic N) is 2. The van der Waals surface area contributed by atoms with Gasteiger partial charge in [-0.15, -0.1) is 0 Å². The van der Waals surface area contributed by atoms with Gasteiger partial charge in [0, 0.05) is 54.5 Å². The highest BCUT2D eigenvalue weighted by atomic mass is 16.5. The van der Waals surface area contributed by atoms with E-state index in [4.69, 9.17) is 15.1 Å². The fraction of sp³-hybridized carbons (Fsp3) is 0.327. The van der Waals surface area contributed by atoms with Gasteiger partial charge in [0.15, 0.2) is 5.78 Å². The maximum atomic E-state index is 14.7. The van der Waals surface area contributed by atoms with Crippen LogP contribution >= 0.6 is 0 Å². The van der Waals surface area contributed by atoms with E-state index in [-0.39, 0.29) is 36.5 Å². The van der Waals surface area contributed by atoms with E-state index in [9.17, 15) is 14.4 Å². The smallest absolute Gasteiger partial charge is 0.315 e. The lowest BCUT2D eigenvalue weighted by Gasteiger charge is -2.41. The molecule has 3 aromatic carbocycles. The van der Waals surface area contributed by atoms with Crippen LogP contribution in [-0.2, 0) is 25.7 Å². The molecule has 320 valence electrons. The summed E-state index contributed by atoms with van der Waals surface area (Å²) in [6.07, 6.45) is 12.8. The fourth-order valence-corrected chi connectivity index (χ4v) is 9.30. The Kier molecular flexibility index (Phi) is 15.2. The van der Waals surface area contributed by atoms with Gasteiger partial charge in [0.05, 0.1) is 5.92 Å². The predicted molar refractivity (Wildman–Crippen MR) is 253 cm³/mol. The number of Topliss-reactive ketones (excluding diaryl/α,β-unsaturated/α-hetero) is 2. The Labute approximate surface area is 368 Å².